The summed E-state index contributed by atoms with van der Waals surface area (Å²) in [5, 5.41) is 7.79. The average molecular weight is 466 g/mol. The maximum Gasteiger partial charge on any atom is 0.408 e. The van der Waals surface area contributed by atoms with Gasteiger partial charge in [-0.1, -0.05) is 36.4 Å². The van der Waals surface area contributed by atoms with Gasteiger partial charge >= 0.3 is 12.1 Å². The molecule has 0 spiro atoms. The van der Waals surface area contributed by atoms with E-state index in [2.05, 4.69) is 10.4 Å². The van der Waals surface area contributed by atoms with Gasteiger partial charge in [0.15, 0.2) is 0 Å². The van der Waals surface area contributed by atoms with Gasteiger partial charge in [-0.3, -0.25) is 9.48 Å². The predicted molar refractivity (Wildman–Crippen MR) is 130 cm³/mol. The summed E-state index contributed by atoms with van der Waals surface area (Å²) in [7, 11) is 1.91. The summed E-state index contributed by atoms with van der Waals surface area (Å²) in [5.74, 6) is -0.198. The molecule has 0 radical (unpaired) electrons. The van der Waals surface area contributed by atoms with E-state index in [4.69, 9.17) is 9.47 Å². The van der Waals surface area contributed by atoms with Crippen molar-refractivity contribution in [1.29, 1.82) is 0 Å². The van der Waals surface area contributed by atoms with Crippen molar-refractivity contribution in [3.8, 4) is 0 Å². The number of rotatable bonds is 5. The Hall–Kier alpha value is -3.09. The number of benzene rings is 1. The van der Waals surface area contributed by atoms with Gasteiger partial charge in [-0.15, -0.1) is 0 Å². The van der Waals surface area contributed by atoms with Crippen LogP contribution in [0.1, 0.15) is 69.0 Å². The van der Waals surface area contributed by atoms with Gasteiger partial charge in [0.2, 0.25) is 0 Å². The summed E-state index contributed by atoms with van der Waals surface area (Å²) in [6.07, 6.45) is 4.08. The summed E-state index contributed by atoms with van der Waals surface area (Å²) < 4.78 is 13.2. The van der Waals surface area contributed by atoms with E-state index in [1.54, 1.807) is 0 Å². The number of aryl methyl sites for hydroxylation is 2. The molecule has 1 aromatic heterocycles. The third kappa shape index (κ3) is 4.48. The second-order valence-corrected chi connectivity index (χ2v) is 10.7. The summed E-state index contributed by atoms with van der Waals surface area (Å²) in [4.78, 5) is 26.3. The average Bonchev–Trinajstić information content (AvgIpc) is 3.03. The fourth-order valence-electron chi connectivity index (χ4n) is 5.22. The molecule has 3 aliphatic rings. The van der Waals surface area contributed by atoms with Crippen LogP contribution in [0, 0.1) is 19.3 Å². The van der Waals surface area contributed by atoms with Crippen molar-refractivity contribution in [1.82, 2.24) is 15.1 Å². The highest BCUT2D eigenvalue weighted by Crippen LogP contribution is 2.55. The number of aromatic nitrogens is 2. The number of hydrogen-bond acceptors (Lipinski definition) is 5. The highest BCUT2D eigenvalue weighted by molar-refractivity contribution is 5.90. The standard InChI is InChI=1S/C27H35N3O4/c1-18-22(19(2)30(6)29-18)21-16-26(23(31)34-25(3,4)5)12-14-27(21,15-13-26)28-24(32)33-17-20-10-8-7-9-11-20/h7-11,16H,12-15,17H2,1-6H3,(H,28,32). The van der Waals surface area contributed by atoms with Crippen LogP contribution in [0.5, 0.6) is 0 Å². The van der Waals surface area contributed by atoms with Gasteiger partial charge in [-0.05, 0) is 71.4 Å². The van der Waals surface area contributed by atoms with Crippen molar-refractivity contribution in [3.63, 3.8) is 0 Å². The quantitative estimate of drug-likeness (QED) is 0.628. The lowest BCUT2D eigenvalue weighted by Crippen LogP contribution is -2.58. The maximum atomic E-state index is 13.3. The van der Waals surface area contributed by atoms with E-state index in [9.17, 15) is 9.59 Å². The number of esters is 1. The molecule has 0 atom stereocenters. The van der Waals surface area contributed by atoms with Crippen LogP contribution in [0.4, 0.5) is 4.79 Å². The molecule has 1 fully saturated rings. The Kier molecular flexibility index (Phi) is 6.08. The Morgan fingerprint density at radius 1 is 1.09 bits per heavy atom. The lowest BCUT2D eigenvalue weighted by atomic mass is 9.57. The largest absolute Gasteiger partial charge is 0.459 e. The molecular formula is C27H35N3O4. The minimum absolute atomic E-state index is 0.198. The Labute approximate surface area is 201 Å². The molecule has 1 heterocycles. The summed E-state index contributed by atoms with van der Waals surface area (Å²) in [6, 6.07) is 9.62. The maximum absolute atomic E-state index is 13.3. The first kappa shape index (κ1) is 24.0. The minimum atomic E-state index is -0.700. The number of carbonyl (C=O) groups is 2. The molecule has 3 aliphatic carbocycles. The summed E-state index contributed by atoms with van der Waals surface area (Å²) >= 11 is 0. The molecule has 5 rings (SSSR count). The second kappa shape index (κ2) is 8.60. The van der Waals surface area contributed by atoms with E-state index in [0.29, 0.717) is 25.7 Å². The van der Waals surface area contributed by atoms with Crippen molar-refractivity contribution in [3.05, 3.63) is 58.9 Å². The summed E-state index contributed by atoms with van der Waals surface area (Å²) in [6.45, 7) is 9.85. The van der Waals surface area contributed by atoms with Crippen molar-refractivity contribution >= 4 is 17.6 Å². The first-order valence-corrected chi connectivity index (χ1v) is 11.9. The molecule has 1 N–H and O–H groups in total. The number of amides is 1. The number of carbonyl (C=O) groups excluding carboxylic acids is 2. The number of nitrogens with zero attached hydrogens (tertiary/aromatic N) is 2. The minimum Gasteiger partial charge on any atom is -0.459 e. The van der Waals surface area contributed by atoms with E-state index >= 15 is 0 Å². The van der Waals surface area contributed by atoms with Crippen molar-refractivity contribution in [2.24, 2.45) is 12.5 Å². The first-order chi connectivity index (χ1) is 15.9. The topological polar surface area (TPSA) is 82.5 Å². The number of fused-ring (bicyclic) bond motifs is 2. The van der Waals surface area contributed by atoms with Gasteiger partial charge in [0.05, 0.1) is 16.6 Å². The van der Waals surface area contributed by atoms with Gasteiger partial charge in [0, 0.05) is 18.3 Å². The van der Waals surface area contributed by atoms with Crippen LogP contribution in [0.15, 0.2) is 36.4 Å². The van der Waals surface area contributed by atoms with Gasteiger partial charge in [-0.2, -0.15) is 5.10 Å². The SMILES string of the molecule is Cc1nn(C)c(C)c1C1=CC2(C(=O)OC(C)(C)C)CCC1(NC(=O)OCc1ccccc1)CC2. The Balaban J connectivity index is 1.67. The molecule has 7 nitrogen and oxygen atoms in total. The zero-order valence-electron chi connectivity index (χ0n) is 21.0. The number of nitrogens with one attached hydrogen (secondary N) is 1. The molecule has 0 saturated heterocycles. The molecular weight excluding hydrogens is 430 g/mol. The fourth-order valence-corrected chi connectivity index (χ4v) is 5.22. The van der Waals surface area contributed by atoms with E-state index in [0.717, 1.165) is 28.1 Å². The van der Waals surface area contributed by atoms with Crippen molar-refractivity contribution < 1.29 is 19.1 Å². The molecule has 0 unspecified atom stereocenters. The fraction of sp³-hybridized carbons (Fsp3) is 0.519. The number of hydrogen-bond donors (Lipinski definition) is 1. The number of ether oxygens (including phenoxy) is 2. The van der Waals surface area contributed by atoms with Gasteiger partial charge in [0.25, 0.3) is 0 Å². The zero-order valence-corrected chi connectivity index (χ0v) is 21.0. The van der Waals surface area contributed by atoms with Crippen LogP contribution in [-0.4, -0.2) is 33.0 Å². The van der Waals surface area contributed by atoms with E-state index < -0.39 is 22.6 Å². The molecule has 7 heteroatoms. The molecule has 0 aliphatic heterocycles. The number of alkyl carbamates (subject to hydrolysis) is 1. The van der Waals surface area contributed by atoms with Crippen molar-refractivity contribution in [2.45, 2.75) is 78.0 Å². The van der Waals surface area contributed by atoms with Crippen LogP contribution >= 0.6 is 0 Å². The van der Waals surface area contributed by atoms with Crippen molar-refractivity contribution in [2.75, 3.05) is 0 Å². The predicted octanol–water partition coefficient (Wildman–Crippen LogP) is 5.00. The molecule has 2 aromatic rings. The van der Waals surface area contributed by atoms with Gasteiger partial charge in [-0.25, -0.2) is 4.79 Å². The van der Waals surface area contributed by atoms with Crippen LogP contribution in [0.3, 0.4) is 0 Å². The smallest absolute Gasteiger partial charge is 0.408 e. The van der Waals surface area contributed by atoms with Crippen LogP contribution in [0.2, 0.25) is 0 Å². The first-order valence-electron chi connectivity index (χ1n) is 11.9. The van der Waals surface area contributed by atoms with E-state index in [1.165, 1.54) is 0 Å². The van der Waals surface area contributed by atoms with E-state index in [-0.39, 0.29) is 12.6 Å². The lowest BCUT2D eigenvalue weighted by Gasteiger charge is -2.51. The molecule has 1 amide bonds. The third-order valence-electron chi connectivity index (χ3n) is 7.07. The summed E-state index contributed by atoms with van der Waals surface area (Å²) in [5.41, 5.74) is 2.84. The Morgan fingerprint density at radius 3 is 2.29 bits per heavy atom. The third-order valence-corrected chi connectivity index (χ3v) is 7.07. The van der Waals surface area contributed by atoms with E-state index in [1.807, 2.05) is 82.8 Å². The normalized spacial score (nSPS) is 23.9. The monoisotopic (exact) mass is 465 g/mol. The van der Waals surface area contributed by atoms with Crippen LogP contribution in [0.25, 0.3) is 5.57 Å². The Morgan fingerprint density at radius 2 is 1.74 bits per heavy atom. The lowest BCUT2D eigenvalue weighted by molar-refractivity contribution is -0.167. The molecule has 182 valence electrons. The molecule has 34 heavy (non-hydrogen) atoms. The van der Waals surface area contributed by atoms with Gasteiger partial charge in [0.1, 0.15) is 12.2 Å². The van der Waals surface area contributed by atoms with Crippen LogP contribution in [-0.2, 0) is 27.9 Å². The second-order valence-electron chi connectivity index (χ2n) is 10.7. The highest BCUT2D eigenvalue weighted by Gasteiger charge is 2.55. The van der Waals surface area contributed by atoms with Crippen LogP contribution < -0.4 is 5.32 Å². The molecule has 1 aromatic carbocycles. The molecule has 2 bridgehead atoms. The highest BCUT2D eigenvalue weighted by atomic mass is 16.6. The molecule has 1 saturated carbocycles. The van der Waals surface area contributed by atoms with Gasteiger partial charge < -0.3 is 14.8 Å². The Bertz CT molecular complexity index is 1120. The zero-order chi connectivity index (χ0) is 24.7.